The molecule has 1 aromatic carbocycles. The number of fused-ring (bicyclic) bond motifs is 2. The third-order valence-corrected chi connectivity index (χ3v) is 14.3. The molecule has 7 aromatic rings. The first-order chi connectivity index (χ1) is 30.7. The summed E-state index contributed by atoms with van der Waals surface area (Å²) < 4.78 is 42.8. The molecule has 0 bridgehead atoms. The monoisotopic (exact) mass is 874 g/mol. The number of pyridine rings is 2. The molecule has 0 aliphatic heterocycles. The van der Waals surface area contributed by atoms with Crippen molar-refractivity contribution in [3.05, 3.63) is 103 Å². The van der Waals surface area contributed by atoms with Gasteiger partial charge < -0.3 is 25.1 Å². The Balaban J connectivity index is 0.000000180. The molecule has 0 amide bonds. The zero-order valence-corrected chi connectivity index (χ0v) is 37.9. The van der Waals surface area contributed by atoms with Crippen LogP contribution in [0, 0.1) is 0 Å². The zero-order valence-electron chi connectivity index (χ0n) is 37.0. The summed E-state index contributed by atoms with van der Waals surface area (Å²) in [6.45, 7) is 8.99. The van der Waals surface area contributed by atoms with Crippen LogP contribution >= 0.6 is 0 Å². The zero-order chi connectivity index (χ0) is 43.8. The van der Waals surface area contributed by atoms with Crippen LogP contribution in [-0.4, -0.2) is 98.5 Å². The number of rotatable bonds is 16. The van der Waals surface area contributed by atoms with Gasteiger partial charge in [-0.2, -0.15) is 10.2 Å². The minimum Gasteiger partial charge on any atom is -0.380 e. The lowest BCUT2D eigenvalue weighted by Crippen LogP contribution is -2.35. The molecule has 0 unspecified atom stereocenters. The molecule has 3 N–H and O–H groups in total. The average Bonchev–Trinajstić information content (AvgIpc) is 4.13. The van der Waals surface area contributed by atoms with Crippen molar-refractivity contribution in [2.75, 3.05) is 39.5 Å². The fourth-order valence-corrected chi connectivity index (χ4v) is 10.6. The van der Waals surface area contributed by atoms with Crippen LogP contribution < -0.4 is 10.6 Å². The van der Waals surface area contributed by atoms with Gasteiger partial charge in [-0.15, -0.1) is 0 Å². The van der Waals surface area contributed by atoms with Crippen molar-refractivity contribution >= 4 is 32.1 Å². The lowest BCUT2D eigenvalue weighted by Gasteiger charge is -2.29. The summed E-state index contributed by atoms with van der Waals surface area (Å²) in [6.07, 6.45) is 24.5. The standard InChI is InChI=1S/C27H33N5O3S.C21H29N5O/c1-3-35-14-13-28-23-11-9-20(10-12-23)21-15-25-26(22-17-30-31(2)18-22)19-32(27(25)29-16-21)36(33,34)24-7-5-4-6-8-24;1-3-27-9-8-22-18-6-4-15(5-7-18)16-10-19-20(13-24-21(19)23-11-16)17-12-25-26(2)14-17/h4-8,15-20,23,28H,3,9-14H2,1-2H3;10-15,18,22H,3-9H2,1-2H3,(H,23,24). The lowest BCUT2D eigenvalue weighted by molar-refractivity contribution is 0.144. The van der Waals surface area contributed by atoms with Crippen molar-refractivity contribution in [3.8, 4) is 22.3 Å². The van der Waals surface area contributed by atoms with Gasteiger partial charge in [-0.05, 0) is 112 Å². The highest BCUT2D eigenvalue weighted by molar-refractivity contribution is 7.90. The number of ether oxygens (including phenoxy) is 2. The predicted octanol–water partition coefficient (Wildman–Crippen LogP) is 7.94. The molecule has 14 nitrogen and oxygen atoms in total. The molecular weight excluding hydrogens is 813 g/mol. The third-order valence-electron chi connectivity index (χ3n) is 12.7. The molecule has 6 aromatic heterocycles. The average molecular weight is 875 g/mol. The summed E-state index contributed by atoms with van der Waals surface area (Å²) in [6, 6.07) is 14.1. The van der Waals surface area contributed by atoms with Gasteiger partial charge in [0.1, 0.15) is 5.65 Å². The van der Waals surface area contributed by atoms with E-state index in [-0.39, 0.29) is 4.90 Å². The van der Waals surface area contributed by atoms with Gasteiger partial charge in [-0.3, -0.25) is 9.36 Å². The Morgan fingerprint density at radius 3 is 1.76 bits per heavy atom. The molecule has 63 heavy (non-hydrogen) atoms. The van der Waals surface area contributed by atoms with E-state index in [1.54, 1.807) is 41.3 Å². The quantitative estimate of drug-likeness (QED) is 0.0815. The number of hydrogen-bond acceptors (Lipinski definition) is 10. The molecule has 2 saturated carbocycles. The fraction of sp³-hybridized carbons (Fsp3) is 0.458. The second kappa shape index (κ2) is 20.5. The van der Waals surface area contributed by atoms with Crippen molar-refractivity contribution in [3.63, 3.8) is 0 Å². The van der Waals surface area contributed by atoms with Gasteiger partial charge in [0.2, 0.25) is 0 Å². The predicted molar refractivity (Wildman–Crippen MR) is 248 cm³/mol. The second-order valence-corrected chi connectivity index (χ2v) is 18.7. The molecule has 15 heteroatoms. The van der Waals surface area contributed by atoms with Gasteiger partial charge in [0.05, 0.1) is 30.5 Å². The first kappa shape index (κ1) is 44.4. The number of nitrogens with zero attached hydrogens (tertiary/aromatic N) is 7. The normalized spacial score (nSPS) is 19.4. The number of aromatic nitrogens is 8. The van der Waals surface area contributed by atoms with Crippen LogP contribution in [-0.2, 0) is 33.6 Å². The Bertz CT molecular complexity index is 2650. The molecule has 0 spiro atoms. The molecule has 2 aliphatic carbocycles. The fourth-order valence-electron chi connectivity index (χ4n) is 9.26. The van der Waals surface area contributed by atoms with Gasteiger partial charge in [-0.1, -0.05) is 18.2 Å². The molecule has 0 radical (unpaired) electrons. The van der Waals surface area contributed by atoms with Crippen molar-refractivity contribution in [1.29, 1.82) is 0 Å². The van der Waals surface area contributed by atoms with E-state index in [2.05, 4.69) is 55.3 Å². The van der Waals surface area contributed by atoms with Gasteiger partial charge in [0.25, 0.3) is 10.0 Å². The first-order valence-electron chi connectivity index (χ1n) is 22.6. The highest BCUT2D eigenvalue weighted by atomic mass is 32.2. The first-order valence-corrected chi connectivity index (χ1v) is 24.0. The van der Waals surface area contributed by atoms with Crippen molar-refractivity contribution in [2.24, 2.45) is 14.1 Å². The lowest BCUT2D eigenvalue weighted by atomic mass is 9.82. The molecule has 334 valence electrons. The van der Waals surface area contributed by atoms with Crippen LogP contribution in [0.15, 0.2) is 96.9 Å². The smallest absolute Gasteiger partial charge is 0.269 e. The molecule has 6 heterocycles. The number of aryl methyl sites for hydroxylation is 2. The van der Waals surface area contributed by atoms with Crippen LogP contribution in [0.4, 0.5) is 0 Å². The highest BCUT2D eigenvalue weighted by Crippen LogP contribution is 2.38. The Morgan fingerprint density at radius 2 is 1.22 bits per heavy atom. The van der Waals surface area contributed by atoms with Crippen molar-refractivity contribution < 1.29 is 17.9 Å². The summed E-state index contributed by atoms with van der Waals surface area (Å²) >= 11 is 0. The van der Waals surface area contributed by atoms with Crippen LogP contribution in [0.1, 0.15) is 88.2 Å². The minimum absolute atomic E-state index is 0.237. The molecule has 0 saturated heterocycles. The van der Waals surface area contributed by atoms with Crippen LogP contribution in [0.3, 0.4) is 0 Å². The maximum absolute atomic E-state index is 13.5. The maximum Gasteiger partial charge on any atom is 0.269 e. The minimum atomic E-state index is -3.80. The van der Waals surface area contributed by atoms with Crippen molar-refractivity contribution in [1.82, 2.24) is 49.1 Å². The molecule has 2 fully saturated rings. The Morgan fingerprint density at radius 1 is 0.683 bits per heavy atom. The Labute approximate surface area is 370 Å². The van der Waals surface area contributed by atoms with Gasteiger partial charge in [0.15, 0.2) is 5.65 Å². The van der Waals surface area contributed by atoms with E-state index < -0.39 is 10.0 Å². The van der Waals surface area contributed by atoms with Gasteiger partial charge in [0, 0.05) is 123 Å². The summed E-state index contributed by atoms with van der Waals surface area (Å²) in [5.41, 5.74) is 7.90. The summed E-state index contributed by atoms with van der Waals surface area (Å²) in [7, 11) is 0.00678. The summed E-state index contributed by atoms with van der Waals surface area (Å²) in [5, 5.41) is 17.9. The number of aromatic amines is 1. The third kappa shape index (κ3) is 10.4. The Hall–Kier alpha value is -5.19. The van der Waals surface area contributed by atoms with Crippen LogP contribution in [0.5, 0.6) is 0 Å². The van der Waals surface area contributed by atoms with Crippen molar-refractivity contribution in [2.45, 2.75) is 94.0 Å². The largest absolute Gasteiger partial charge is 0.380 e. The highest BCUT2D eigenvalue weighted by Gasteiger charge is 2.27. The number of H-pyrrole nitrogens is 1. The van der Waals surface area contributed by atoms with E-state index in [1.165, 1.54) is 46.2 Å². The molecular formula is C48H62N10O4S. The van der Waals surface area contributed by atoms with E-state index in [9.17, 15) is 8.42 Å². The SMILES string of the molecule is CCOCCNC1CCC(c2cnc3[nH]cc(-c4cnn(C)c4)c3c2)CC1.CCOCCNC1CCC(c2cnc3c(c2)c(-c2cnn(C)c2)cn3S(=O)(=O)c2ccccc2)CC1. The Kier molecular flexibility index (Phi) is 14.5. The van der Waals surface area contributed by atoms with E-state index in [1.807, 2.05) is 63.5 Å². The number of nitrogens with one attached hydrogen (secondary N) is 3. The van der Waals surface area contributed by atoms with E-state index in [0.29, 0.717) is 29.6 Å². The van der Waals surface area contributed by atoms with Crippen LogP contribution in [0.25, 0.3) is 44.3 Å². The van der Waals surface area contributed by atoms with Gasteiger partial charge in [-0.25, -0.2) is 22.4 Å². The topological polar surface area (TPSA) is 159 Å². The number of benzene rings is 1. The van der Waals surface area contributed by atoms with E-state index >= 15 is 0 Å². The van der Waals surface area contributed by atoms with Crippen LogP contribution in [0.2, 0.25) is 0 Å². The molecule has 0 atom stereocenters. The maximum atomic E-state index is 13.5. The summed E-state index contributed by atoms with van der Waals surface area (Å²) in [5.74, 6) is 1.01. The van der Waals surface area contributed by atoms with Gasteiger partial charge >= 0.3 is 0 Å². The van der Waals surface area contributed by atoms with E-state index in [0.717, 1.165) is 98.5 Å². The second-order valence-electron chi connectivity index (χ2n) is 16.9. The summed E-state index contributed by atoms with van der Waals surface area (Å²) in [4.78, 5) is 12.9. The number of hydrogen-bond donors (Lipinski definition) is 3. The van der Waals surface area contributed by atoms with E-state index in [4.69, 9.17) is 14.5 Å². The molecule has 2 aliphatic rings. The molecule has 9 rings (SSSR count).